The Kier molecular flexibility index (Phi) is 3.97. The third kappa shape index (κ3) is 2.88. The highest BCUT2D eigenvalue weighted by molar-refractivity contribution is 7.10. The molecular formula is C20H16O3S. The number of allylic oxidation sites excluding steroid dienone is 1. The number of phenols is 1. The summed E-state index contributed by atoms with van der Waals surface area (Å²) in [5.41, 5.74) is 1.94. The second kappa shape index (κ2) is 6.42. The standard InChI is InChI=1S/C20H16O3S/c21-17-12-19-18(22-13-23-19)11-16(17)15(20-7-4-10-24-20)9-8-14-5-2-1-3-6-14/h1-12,15,21H,13H2/b9-8+/t15-/m0/s1. The number of hydrogen-bond donors (Lipinski definition) is 1. The molecule has 1 aromatic heterocycles. The van der Waals surface area contributed by atoms with Crippen molar-refractivity contribution in [2.75, 3.05) is 6.79 Å². The van der Waals surface area contributed by atoms with Crippen molar-refractivity contribution in [2.24, 2.45) is 0 Å². The molecule has 1 aliphatic rings. The maximum Gasteiger partial charge on any atom is 0.231 e. The lowest BCUT2D eigenvalue weighted by Crippen LogP contribution is -1.96. The van der Waals surface area contributed by atoms with Gasteiger partial charge in [-0.3, -0.25) is 0 Å². The summed E-state index contributed by atoms with van der Waals surface area (Å²) in [7, 11) is 0. The third-order valence-corrected chi connectivity index (χ3v) is 4.94. The number of aromatic hydroxyl groups is 1. The van der Waals surface area contributed by atoms with Gasteiger partial charge >= 0.3 is 0 Å². The first-order valence-electron chi connectivity index (χ1n) is 7.70. The zero-order valence-electron chi connectivity index (χ0n) is 12.9. The number of benzene rings is 2. The first-order chi connectivity index (χ1) is 11.8. The van der Waals surface area contributed by atoms with Crippen molar-refractivity contribution in [1.82, 2.24) is 0 Å². The summed E-state index contributed by atoms with van der Waals surface area (Å²) in [5, 5.41) is 12.5. The van der Waals surface area contributed by atoms with Crippen molar-refractivity contribution in [3.8, 4) is 17.2 Å². The van der Waals surface area contributed by atoms with Crippen LogP contribution in [0.3, 0.4) is 0 Å². The van der Waals surface area contributed by atoms with E-state index in [1.807, 2.05) is 35.7 Å². The number of phenolic OH excluding ortho intramolecular Hbond substituents is 1. The minimum absolute atomic E-state index is 0.0419. The molecule has 2 aromatic carbocycles. The van der Waals surface area contributed by atoms with Crippen LogP contribution in [0.2, 0.25) is 0 Å². The normalized spacial score (nSPS) is 14.2. The van der Waals surface area contributed by atoms with Crippen molar-refractivity contribution < 1.29 is 14.6 Å². The van der Waals surface area contributed by atoms with Gasteiger partial charge in [0.05, 0.1) is 0 Å². The van der Waals surface area contributed by atoms with Gasteiger partial charge < -0.3 is 14.6 Å². The summed E-state index contributed by atoms with van der Waals surface area (Å²) in [6, 6.07) is 17.7. The van der Waals surface area contributed by atoms with Gasteiger partial charge in [0, 0.05) is 22.4 Å². The Labute approximate surface area is 144 Å². The Bertz CT molecular complexity index is 854. The van der Waals surface area contributed by atoms with E-state index < -0.39 is 0 Å². The van der Waals surface area contributed by atoms with Gasteiger partial charge in [-0.25, -0.2) is 0 Å². The SMILES string of the molecule is Oc1cc2c(cc1[C@H](/C=C/c1ccccc1)c1cccs1)OCO2. The maximum absolute atomic E-state index is 10.5. The molecule has 3 nitrogen and oxygen atoms in total. The van der Waals surface area contributed by atoms with Gasteiger partial charge in [0.25, 0.3) is 0 Å². The monoisotopic (exact) mass is 336 g/mol. The van der Waals surface area contributed by atoms with E-state index in [2.05, 4.69) is 30.4 Å². The van der Waals surface area contributed by atoms with E-state index in [1.54, 1.807) is 17.4 Å². The summed E-state index contributed by atoms with van der Waals surface area (Å²) in [5.74, 6) is 1.45. The van der Waals surface area contributed by atoms with Crippen LogP contribution in [-0.2, 0) is 0 Å². The van der Waals surface area contributed by atoms with Crippen LogP contribution in [0.15, 0.2) is 66.1 Å². The Morgan fingerprint density at radius 3 is 2.54 bits per heavy atom. The van der Waals surface area contributed by atoms with Crippen molar-refractivity contribution >= 4 is 17.4 Å². The van der Waals surface area contributed by atoms with E-state index in [4.69, 9.17) is 9.47 Å². The summed E-state index contributed by atoms with van der Waals surface area (Å²) in [6.45, 7) is 0.196. The van der Waals surface area contributed by atoms with Gasteiger partial charge in [0.1, 0.15) is 5.75 Å². The predicted molar refractivity (Wildman–Crippen MR) is 95.9 cm³/mol. The minimum Gasteiger partial charge on any atom is -0.507 e. The molecule has 120 valence electrons. The van der Waals surface area contributed by atoms with E-state index in [-0.39, 0.29) is 18.5 Å². The van der Waals surface area contributed by atoms with Crippen LogP contribution in [-0.4, -0.2) is 11.9 Å². The lowest BCUT2D eigenvalue weighted by Gasteiger charge is -2.14. The molecule has 24 heavy (non-hydrogen) atoms. The van der Waals surface area contributed by atoms with Crippen molar-refractivity contribution in [2.45, 2.75) is 5.92 Å². The van der Waals surface area contributed by atoms with Crippen LogP contribution in [0.1, 0.15) is 21.9 Å². The molecule has 3 aromatic rings. The molecule has 0 amide bonds. The van der Waals surface area contributed by atoms with Crippen LogP contribution >= 0.6 is 11.3 Å². The highest BCUT2D eigenvalue weighted by Crippen LogP contribution is 2.43. The smallest absolute Gasteiger partial charge is 0.231 e. The maximum atomic E-state index is 10.5. The van der Waals surface area contributed by atoms with E-state index in [0.717, 1.165) is 16.0 Å². The number of ether oxygens (including phenoxy) is 2. The molecule has 0 unspecified atom stereocenters. The highest BCUT2D eigenvalue weighted by Gasteiger charge is 2.22. The first kappa shape index (κ1) is 14.8. The average Bonchev–Trinajstić information content (AvgIpc) is 3.27. The number of fused-ring (bicyclic) bond motifs is 1. The molecule has 4 rings (SSSR count). The van der Waals surface area contributed by atoms with Gasteiger partial charge in [-0.2, -0.15) is 0 Å². The van der Waals surface area contributed by atoms with Gasteiger partial charge in [-0.1, -0.05) is 48.6 Å². The quantitative estimate of drug-likeness (QED) is 0.726. The van der Waals surface area contributed by atoms with Gasteiger partial charge in [0.15, 0.2) is 11.5 Å². The Balaban J connectivity index is 1.75. The predicted octanol–water partition coefficient (Wildman–Crippen LogP) is 5.03. The zero-order chi connectivity index (χ0) is 16.4. The summed E-state index contributed by atoms with van der Waals surface area (Å²) < 4.78 is 10.8. The van der Waals surface area contributed by atoms with E-state index in [9.17, 15) is 5.11 Å². The lowest BCUT2D eigenvalue weighted by atomic mass is 9.94. The Morgan fingerprint density at radius 1 is 1.00 bits per heavy atom. The summed E-state index contributed by atoms with van der Waals surface area (Å²) >= 11 is 1.67. The number of rotatable bonds is 4. The van der Waals surface area contributed by atoms with Crippen molar-refractivity contribution in [3.63, 3.8) is 0 Å². The van der Waals surface area contributed by atoms with Crippen molar-refractivity contribution in [1.29, 1.82) is 0 Å². The van der Waals surface area contributed by atoms with Crippen molar-refractivity contribution in [3.05, 3.63) is 82.1 Å². The number of thiophene rings is 1. The minimum atomic E-state index is -0.0419. The van der Waals surface area contributed by atoms with Crippen LogP contribution in [0.25, 0.3) is 6.08 Å². The molecule has 0 spiro atoms. The van der Waals surface area contributed by atoms with E-state index in [0.29, 0.717) is 11.5 Å². The van der Waals surface area contributed by atoms with Gasteiger partial charge in [0.2, 0.25) is 6.79 Å². The molecule has 1 aliphatic heterocycles. The first-order valence-corrected chi connectivity index (χ1v) is 8.58. The lowest BCUT2D eigenvalue weighted by molar-refractivity contribution is 0.174. The molecule has 1 atom stereocenters. The van der Waals surface area contributed by atoms with Crippen LogP contribution in [0.5, 0.6) is 17.2 Å². The molecule has 0 fully saturated rings. The fourth-order valence-electron chi connectivity index (χ4n) is 2.79. The molecule has 4 heteroatoms. The second-order valence-electron chi connectivity index (χ2n) is 5.53. The Morgan fingerprint density at radius 2 is 1.79 bits per heavy atom. The summed E-state index contributed by atoms with van der Waals surface area (Å²) in [4.78, 5) is 1.16. The van der Waals surface area contributed by atoms with Crippen LogP contribution in [0.4, 0.5) is 0 Å². The molecule has 2 heterocycles. The van der Waals surface area contributed by atoms with E-state index >= 15 is 0 Å². The number of hydrogen-bond acceptors (Lipinski definition) is 4. The highest BCUT2D eigenvalue weighted by atomic mass is 32.1. The van der Waals surface area contributed by atoms with Gasteiger partial charge in [-0.15, -0.1) is 11.3 Å². The largest absolute Gasteiger partial charge is 0.507 e. The third-order valence-electron chi connectivity index (χ3n) is 3.99. The zero-order valence-corrected chi connectivity index (χ0v) is 13.7. The molecule has 1 N–H and O–H groups in total. The van der Waals surface area contributed by atoms with E-state index in [1.165, 1.54) is 0 Å². The fourth-order valence-corrected chi connectivity index (χ4v) is 3.61. The molecule has 0 aliphatic carbocycles. The molecule has 0 bridgehead atoms. The second-order valence-corrected chi connectivity index (χ2v) is 6.51. The average molecular weight is 336 g/mol. The Hall–Kier alpha value is -2.72. The van der Waals surface area contributed by atoms with Gasteiger partial charge in [-0.05, 0) is 23.1 Å². The topological polar surface area (TPSA) is 38.7 Å². The fraction of sp³-hybridized carbons (Fsp3) is 0.100. The molecule has 0 saturated carbocycles. The molecular weight excluding hydrogens is 320 g/mol. The van der Waals surface area contributed by atoms with Crippen LogP contribution < -0.4 is 9.47 Å². The summed E-state index contributed by atoms with van der Waals surface area (Å²) in [6.07, 6.45) is 4.19. The van der Waals surface area contributed by atoms with Crippen LogP contribution in [0, 0.1) is 0 Å². The molecule has 0 saturated heterocycles. The molecule has 0 radical (unpaired) electrons.